The molecule has 152 valence electrons. The quantitative estimate of drug-likeness (QED) is 0.247. The van der Waals surface area contributed by atoms with Crippen molar-refractivity contribution in [3.8, 4) is 0 Å². The Labute approximate surface area is 180 Å². The Hall–Kier alpha value is -1.35. The van der Waals surface area contributed by atoms with Crippen LogP contribution in [0.25, 0.3) is 11.0 Å². The highest BCUT2D eigenvalue weighted by molar-refractivity contribution is 14.0. The second-order valence-electron chi connectivity index (χ2n) is 7.13. The third kappa shape index (κ3) is 7.29. The van der Waals surface area contributed by atoms with Crippen LogP contribution in [0, 0.1) is 0 Å². The van der Waals surface area contributed by atoms with Crippen molar-refractivity contribution >= 4 is 41.0 Å². The topological polar surface area (TPSA) is 57.5 Å². The number of aryl methyl sites for hydroxylation is 1. The number of nitrogens with one attached hydrogen (secondary N) is 2. The highest BCUT2D eigenvalue weighted by Gasteiger charge is 2.12. The number of fused-ring (bicyclic) bond motifs is 1. The first-order chi connectivity index (χ1) is 12.5. The Bertz CT molecular complexity index is 687. The van der Waals surface area contributed by atoms with E-state index < -0.39 is 0 Å². The summed E-state index contributed by atoms with van der Waals surface area (Å²) in [6.07, 6.45) is 2.94. The fraction of sp³-hybridized carbons (Fsp3) is 0.600. The average molecular weight is 486 g/mol. The summed E-state index contributed by atoms with van der Waals surface area (Å²) < 4.78 is 2.20. The summed E-state index contributed by atoms with van der Waals surface area (Å²) >= 11 is 0. The molecular formula is C20H35IN6. The molecule has 2 aromatic rings. The Balaban J connectivity index is 0.00000364. The van der Waals surface area contributed by atoms with Crippen LogP contribution in [0.15, 0.2) is 35.6 Å². The maximum Gasteiger partial charge on any atom is 0.191 e. The molecule has 0 fully saturated rings. The number of nitrogens with zero attached hydrogens (tertiary/aromatic N) is 4. The molecule has 7 heteroatoms. The van der Waals surface area contributed by atoms with Crippen LogP contribution in [0.5, 0.6) is 0 Å². The van der Waals surface area contributed by atoms with Gasteiger partial charge in [-0.3, -0.25) is 9.89 Å². The normalized spacial score (nSPS) is 12.1. The predicted octanol–water partition coefficient (Wildman–Crippen LogP) is 3.33. The van der Waals surface area contributed by atoms with Gasteiger partial charge in [-0.25, -0.2) is 4.98 Å². The van der Waals surface area contributed by atoms with E-state index in [-0.39, 0.29) is 24.0 Å². The second-order valence-corrected chi connectivity index (χ2v) is 7.13. The van der Waals surface area contributed by atoms with E-state index in [2.05, 4.69) is 69.9 Å². The minimum Gasteiger partial charge on any atom is -0.356 e. The molecule has 1 aromatic carbocycles. The summed E-state index contributed by atoms with van der Waals surface area (Å²) in [5.41, 5.74) is 2.25. The molecule has 1 aromatic heterocycles. The Morgan fingerprint density at radius 3 is 2.44 bits per heavy atom. The van der Waals surface area contributed by atoms with Gasteiger partial charge < -0.3 is 15.2 Å². The number of aliphatic imine (C=N–C) groups is 1. The maximum atomic E-state index is 4.44. The molecule has 0 atom stereocenters. The molecule has 0 amide bonds. The van der Waals surface area contributed by atoms with Crippen LogP contribution in [0.4, 0.5) is 0 Å². The van der Waals surface area contributed by atoms with Crippen molar-refractivity contribution < 1.29 is 0 Å². The SMILES string of the molecule is CN=C(NCCCn1cnc2ccccc21)NCCN(C(C)C)C(C)C.I. The fourth-order valence-corrected chi connectivity index (χ4v) is 3.28. The molecule has 27 heavy (non-hydrogen) atoms. The van der Waals surface area contributed by atoms with E-state index in [0.29, 0.717) is 12.1 Å². The molecule has 1 heterocycles. The minimum absolute atomic E-state index is 0. The van der Waals surface area contributed by atoms with Crippen LogP contribution in [0.1, 0.15) is 34.1 Å². The van der Waals surface area contributed by atoms with Gasteiger partial charge in [0.1, 0.15) is 0 Å². The number of halogens is 1. The summed E-state index contributed by atoms with van der Waals surface area (Å²) in [6, 6.07) is 9.35. The highest BCUT2D eigenvalue weighted by atomic mass is 127. The molecule has 6 nitrogen and oxygen atoms in total. The van der Waals surface area contributed by atoms with Crippen molar-refractivity contribution in [2.24, 2.45) is 4.99 Å². The zero-order valence-corrected chi connectivity index (χ0v) is 19.6. The second kappa shape index (κ2) is 12.2. The van der Waals surface area contributed by atoms with Gasteiger partial charge in [-0.05, 0) is 46.2 Å². The molecule has 0 unspecified atom stereocenters. The zero-order valence-electron chi connectivity index (χ0n) is 17.3. The lowest BCUT2D eigenvalue weighted by Crippen LogP contribution is -2.45. The summed E-state index contributed by atoms with van der Waals surface area (Å²) in [6.45, 7) is 12.7. The number of hydrogen-bond donors (Lipinski definition) is 2. The van der Waals surface area contributed by atoms with Gasteiger partial charge in [-0.2, -0.15) is 0 Å². The molecular weight excluding hydrogens is 451 g/mol. The van der Waals surface area contributed by atoms with Gasteiger partial charge in [-0.1, -0.05) is 12.1 Å². The van der Waals surface area contributed by atoms with Crippen molar-refractivity contribution in [2.75, 3.05) is 26.7 Å². The zero-order chi connectivity index (χ0) is 18.9. The molecule has 0 aliphatic carbocycles. The van der Waals surface area contributed by atoms with Crippen molar-refractivity contribution in [2.45, 2.75) is 52.7 Å². The van der Waals surface area contributed by atoms with E-state index >= 15 is 0 Å². The molecule has 0 saturated heterocycles. The van der Waals surface area contributed by atoms with Crippen LogP contribution in [-0.4, -0.2) is 59.2 Å². The van der Waals surface area contributed by atoms with E-state index in [0.717, 1.165) is 44.1 Å². The summed E-state index contributed by atoms with van der Waals surface area (Å²) in [5.74, 6) is 0.868. The van der Waals surface area contributed by atoms with Gasteiger partial charge >= 0.3 is 0 Å². The third-order valence-corrected chi connectivity index (χ3v) is 4.61. The van der Waals surface area contributed by atoms with Gasteiger partial charge in [0.15, 0.2) is 5.96 Å². The number of aromatic nitrogens is 2. The Kier molecular flexibility index (Phi) is 10.7. The third-order valence-electron chi connectivity index (χ3n) is 4.61. The number of rotatable bonds is 9. The van der Waals surface area contributed by atoms with E-state index in [9.17, 15) is 0 Å². The molecule has 0 aliphatic heterocycles. The predicted molar refractivity (Wildman–Crippen MR) is 126 cm³/mol. The molecule has 0 saturated carbocycles. The lowest BCUT2D eigenvalue weighted by atomic mass is 10.2. The summed E-state index contributed by atoms with van der Waals surface area (Å²) in [5, 5.41) is 6.81. The van der Waals surface area contributed by atoms with Crippen molar-refractivity contribution in [1.29, 1.82) is 0 Å². The molecule has 0 spiro atoms. The highest BCUT2D eigenvalue weighted by Crippen LogP contribution is 2.11. The van der Waals surface area contributed by atoms with Crippen LogP contribution >= 0.6 is 24.0 Å². The number of hydrogen-bond acceptors (Lipinski definition) is 3. The van der Waals surface area contributed by atoms with E-state index in [4.69, 9.17) is 0 Å². The maximum absolute atomic E-state index is 4.44. The van der Waals surface area contributed by atoms with Gasteiger partial charge in [-0.15, -0.1) is 24.0 Å². The van der Waals surface area contributed by atoms with Crippen molar-refractivity contribution in [1.82, 2.24) is 25.1 Å². The van der Waals surface area contributed by atoms with Gasteiger partial charge in [0, 0.05) is 45.3 Å². The lowest BCUT2D eigenvalue weighted by Gasteiger charge is -2.30. The van der Waals surface area contributed by atoms with Crippen LogP contribution in [0.3, 0.4) is 0 Å². The first-order valence-corrected chi connectivity index (χ1v) is 9.63. The van der Waals surface area contributed by atoms with Crippen LogP contribution in [-0.2, 0) is 6.54 Å². The molecule has 0 radical (unpaired) electrons. The van der Waals surface area contributed by atoms with E-state index in [1.807, 2.05) is 25.5 Å². The van der Waals surface area contributed by atoms with E-state index in [1.165, 1.54) is 5.52 Å². The Morgan fingerprint density at radius 1 is 1.11 bits per heavy atom. The van der Waals surface area contributed by atoms with Crippen molar-refractivity contribution in [3.05, 3.63) is 30.6 Å². The largest absolute Gasteiger partial charge is 0.356 e. The monoisotopic (exact) mass is 486 g/mol. The van der Waals surface area contributed by atoms with Crippen LogP contribution in [0.2, 0.25) is 0 Å². The molecule has 2 rings (SSSR count). The van der Waals surface area contributed by atoms with Crippen molar-refractivity contribution in [3.63, 3.8) is 0 Å². The van der Waals surface area contributed by atoms with E-state index in [1.54, 1.807) is 0 Å². The average Bonchev–Trinajstić information content (AvgIpc) is 3.03. The Morgan fingerprint density at radius 2 is 1.78 bits per heavy atom. The minimum atomic E-state index is 0. The number of para-hydroxylation sites is 2. The molecule has 0 bridgehead atoms. The number of benzene rings is 1. The standard InChI is InChI=1S/C20H34N6.HI/c1-16(2)26(17(3)4)14-12-23-20(21-5)22-11-8-13-25-15-24-18-9-6-7-10-19(18)25;/h6-7,9-10,15-17H,8,11-14H2,1-5H3,(H2,21,22,23);1H. The lowest BCUT2D eigenvalue weighted by molar-refractivity contribution is 0.178. The van der Waals surface area contributed by atoms with Gasteiger partial charge in [0.05, 0.1) is 17.4 Å². The van der Waals surface area contributed by atoms with Gasteiger partial charge in [0.25, 0.3) is 0 Å². The smallest absolute Gasteiger partial charge is 0.191 e. The number of guanidine groups is 1. The first-order valence-electron chi connectivity index (χ1n) is 9.63. The number of imidazole rings is 1. The molecule has 0 aliphatic rings. The summed E-state index contributed by atoms with van der Waals surface area (Å²) in [7, 11) is 1.82. The molecule has 2 N–H and O–H groups in total. The first kappa shape index (κ1) is 23.7. The fourth-order valence-electron chi connectivity index (χ4n) is 3.28. The summed E-state index contributed by atoms with van der Waals surface area (Å²) in [4.78, 5) is 11.2. The van der Waals surface area contributed by atoms with Gasteiger partial charge in [0.2, 0.25) is 0 Å². The van der Waals surface area contributed by atoms with Crippen LogP contribution < -0.4 is 10.6 Å².